The Hall–Kier alpha value is -3.45. The van der Waals surface area contributed by atoms with Gasteiger partial charge in [-0.3, -0.25) is 14.4 Å². The van der Waals surface area contributed by atoms with Crippen LogP contribution in [-0.4, -0.2) is 17.8 Å². The number of para-hydroxylation sites is 2. The van der Waals surface area contributed by atoms with E-state index in [0.29, 0.717) is 21.8 Å². The molecule has 0 fully saturated rings. The molecule has 0 bridgehead atoms. The summed E-state index contributed by atoms with van der Waals surface area (Å²) >= 11 is 1.33. The predicted octanol–water partition coefficient (Wildman–Crippen LogP) is 4.18. The summed E-state index contributed by atoms with van der Waals surface area (Å²) in [5.41, 5.74) is 1.28. The number of carbonyl (C=O) groups excluding carboxylic acids is 3. The van der Waals surface area contributed by atoms with Crippen LogP contribution in [0.4, 0.5) is 11.4 Å². The molecule has 27 heavy (non-hydrogen) atoms. The lowest BCUT2D eigenvalue weighted by atomic mass is 10.2. The molecule has 3 rings (SSSR count). The van der Waals surface area contributed by atoms with Gasteiger partial charge >= 0.3 is 5.97 Å². The van der Waals surface area contributed by atoms with Crippen molar-refractivity contribution in [1.29, 1.82) is 0 Å². The zero-order chi connectivity index (χ0) is 19.2. The second-order valence-corrected chi connectivity index (χ2v) is 6.50. The van der Waals surface area contributed by atoms with Gasteiger partial charge in [-0.1, -0.05) is 24.3 Å². The molecule has 3 aromatic rings. The fraction of sp³-hybridized carbons (Fsp3) is 0.0500. The van der Waals surface area contributed by atoms with Crippen LogP contribution in [0.2, 0.25) is 0 Å². The van der Waals surface area contributed by atoms with Crippen molar-refractivity contribution in [3.8, 4) is 5.75 Å². The molecule has 0 aliphatic rings. The van der Waals surface area contributed by atoms with Gasteiger partial charge in [-0.2, -0.15) is 0 Å². The molecule has 2 N–H and O–H groups in total. The third-order valence-electron chi connectivity index (χ3n) is 3.53. The van der Waals surface area contributed by atoms with Crippen molar-refractivity contribution in [2.45, 2.75) is 6.92 Å². The first-order chi connectivity index (χ1) is 13.0. The predicted molar refractivity (Wildman–Crippen MR) is 104 cm³/mol. The Kier molecular flexibility index (Phi) is 5.63. The van der Waals surface area contributed by atoms with Crippen molar-refractivity contribution >= 4 is 40.5 Å². The molecule has 0 aliphatic carbocycles. The number of rotatable bonds is 5. The summed E-state index contributed by atoms with van der Waals surface area (Å²) in [6.07, 6.45) is 0. The number of esters is 1. The number of nitrogens with one attached hydrogen (secondary N) is 2. The summed E-state index contributed by atoms with van der Waals surface area (Å²) < 4.78 is 5.00. The number of thiophene rings is 1. The highest BCUT2D eigenvalue weighted by Gasteiger charge is 2.13. The van der Waals surface area contributed by atoms with E-state index in [-0.39, 0.29) is 17.6 Å². The molecule has 1 heterocycles. The lowest BCUT2D eigenvalue weighted by Crippen LogP contribution is -2.16. The van der Waals surface area contributed by atoms with Crippen LogP contribution in [0.25, 0.3) is 0 Å². The second kappa shape index (κ2) is 8.29. The van der Waals surface area contributed by atoms with E-state index in [1.807, 2.05) is 5.38 Å². The highest BCUT2D eigenvalue weighted by Crippen LogP contribution is 2.24. The highest BCUT2D eigenvalue weighted by molar-refractivity contribution is 7.12. The van der Waals surface area contributed by atoms with Crippen LogP contribution < -0.4 is 15.4 Å². The normalized spacial score (nSPS) is 10.1. The highest BCUT2D eigenvalue weighted by atomic mass is 32.1. The Bertz CT molecular complexity index is 983. The van der Waals surface area contributed by atoms with Gasteiger partial charge in [0.2, 0.25) is 0 Å². The average Bonchev–Trinajstić information content (AvgIpc) is 3.18. The summed E-state index contributed by atoms with van der Waals surface area (Å²) in [6.45, 7) is 1.29. The summed E-state index contributed by atoms with van der Waals surface area (Å²) in [4.78, 5) is 36.5. The molecule has 0 unspecified atom stereocenters. The molecule has 2 amide bonds. The number of ether oxygens (including phenoxy) is 1. The average molecular weight is 380 g/mol. The van der Waals surface area contributed by atoms with Crippen LogP contribution in [0.3, 0.4) is 0 Å². The van der Waals surface area contributed by atoms with Gasteiger partial charge in [0, 0.05) is 12.5 Å². The van der Waals surface area contributed by atoms with E-state index in [2.05, 4.69) is 10.6 Å². The van der Waals surface area contributed by atoms with Crippen molar-refractivity contribution < 1.29 is 19.1 Å². The molecule has 0 radical (unpaired) electrons. The summed E-state index contributed by atoms with van der Waals surface area (Å²) in [7, 11) is 0. The molecule has 0 aliphatic heterocycles. The largest absolute Gasteiger partial charge is 0.427 e. The van der Waals surface area contributed by atoms with Gasteiger partial charge in [0.15, 0.2) is 0 Å². The molecular formula is C20H16N2O4S. The Morgan fingerprint density at radius 1 is 0.852 bits per heavy atom. The van der Waals surface area contributed by atoms with Gasteiger partial charge in [-0.05, 0) is 41.8 Å². The molecule has 2 aromatic carbocycles. The molecule has 0 spiro atoms. The van der Waals surface area contributed by atoms with Gasteiger partial charge in [0.1, 0.15) is 5.75 Å². The van der Waals surface area contributed by atoms with Gasteiger partial charge in [0.05, 0.1) is 16.3 Å². The van der Waals surface area contributed by atoms with Crippen LogP contribution in [0.5, 0.6) is 5.75 Å². The van der Waals surface area contributed by atoms with Crippen molar-refractivity contribution in [3.05, 3.63) is 76.5 Å². The Balaban J connectivity index is 1.77. The monoisotopic (exact) mass is 380 g/mol. The van der Waals surface area contributed by atoms with Crippen molar-refractivity contribution in [3.63, 3.8) is 0 Å². The minimum Gasteiger partial charge on any atom is -0.427 e. The van der Waals surface area contributed by atoms with E-state index in [0.717, 1.165) is 0 Å². The summed E-state index contributed by atoms with van der Waals surface area (Å²) in [5.74, 6) is -0.811. The lowest BCUT2D eigenvalue weighted by molar-refractivity contribution is -0.131. The van der Waals surface area contributed by atoms with Gasteiger partial charge < -0.3 is 15.4 Å². The maximum atomic E-state index is 12.6. The van der Waals surface area contributed by atoms with E-state index < -0.39 is 5.97 Å². The molecule has 0 atom stereocenters. The van der Waals surface area contributed by atoms with E-state index >= 15 is 0 Å². The Morgan fingerprint density at radius 2 is 1.56 bits per heavy atom. The Morgan fingerprint density at radius 3 is 2.19 bits per heavy atom. The number of benzene rings is 2. The molecule has 1 aromatic heterocycles. The number of carbonyl (C=O) groups is 3. The minimum atomic E-state index is -0.464. The van der Waals surface area contributed by atoms with Crippen molar-refractivity contribution in [2.75, 3.05) is 10.6 Å². The molecule has 6 nitrogen and oxygen atoms in total. The van der Waals surface area contributed by atoms with Crippen LogP contribution in [0.1, 0.15) is 27.0 Å². The second-order valence-electron chi connectivity index (χ2n) is 5.55. The van der Waals surface area contributed by atoms with Gasteiger partial charge in [-0.25, -0.2) is 0 Å². The molecule has 136 valence electrons. The first kappa shape index (κ1) is 18.3. The number of anilines is 2. The van der Waals surface area contributed by atoms with E-state index in [1.54, 1.807) is 54.6 Å². The van der Waals surface area contributed by atoms with Crippen molar-refractivity contribution in [1.82, 2.24) is 0 Å². The third-order valence-corrected chi connectivity index (χ3v) is 4.39. The SMILES string of the molecule is CC(=O)Oc1cccc(C(=O)Nc2ccccc2NC(=O)c2cccs2)c1. The quantitative estimate of drug-likeness (QED) is 0.514. The lowest BCUT2D eigenvalue weighted by Gasteiger charge is -2.12. The Labute approximate surface area is 159 Å². The van der Waals surface area contributed by atoms with Crippen LogP contribution in [-0.2, 0) is 4.79 Å². The van der Waals surface area contributed by atoms with Crippen LogP contribution >= 0.6 is 11.3 Å². The van der Waals surface area contributed by atoms with E-state index in [4.69, 9.17) is 4.74 Å². The van der Waals surface area contributed by atoms with Crippen LogP contribution in [0.15, 0.2) is 66.0 Å². The maximum Gasteiger partial charge on any atom is 0.308 e. The summed E-state index contributed by atoms with van der Waals surface area (Å²) in [6, 6.07) is 16.7. The molecule has 0 saturated carbocycles. The zero-order valence-electron chi connectivity index (χ0n) is 14.4. The zero-order valence-corrected chi connectivity index (χ0v) is 15.2. The minimum absolute atomic E-state index is 0.247. The van der Waals surface area contributed by atoms with E-state index in [1.165, 1.54) is 24.3 Å². The number of hydrogen-bond donors (Lipinski definition) is 2. The number of amides is 2. The molecule has 0 saturated heterocycles. The molecular weight excluding hydrogens is 364 g/mol. The smallest absolute Gasteiger partial charge is 0.308 e. The summed E-state index contributed by atoms with van der Waals surface area (Å²) in [5, 5.41) is 7.38. The first-order valence-corrected chi connectivity index (χ1v) is 8.94. The van der Waals surface area contributed by atoms with Gasteiger partial charge in [-0.15, -0.1) is 11.3 Å². The fourth-order valence-corrected chi connectivity index (χ4v) is 2.97. The third kappa shape index (κ3) is 4.80. The topological polar surface area (TPSA) is 84.5 Å². The first-order valence-electron chi connectivity index (χ1n) is 8.06. The van der Waals surface area contributed by atoms with Gasteiger partial charge in [0.25, 0.3) is 11.8 Å². The van der Waals surface area contributed by atoms with Crippen LogP contribution in [0, 0.1) is 0 Å². The number of hydrogen-bond acceptors (Lipinski definition) is 5. The van der Waals surface area contributed by atoms with E-state index in [9.17, 15) is 14.4 Å². The standard InChI is InChI=1S/C20H16N2O4S/c1-13(23)26-15-7-4-6-14(12-15)19(24)21-16-8-2-3-9-17(16)22-20(25)18-10-5-11-27-18/h2-12H,1H3,(H,21,24)(H,22,25). The van der Waals surface area contributed by atoms with Crippen molar-refractivity contribution in [2.24, 2.45) is 0 Å². The maximum absolute atomic E-state index is 12.6. The fourth-order valence-electron chi connectivity index (χ4n) is 2.35. The molecule has 7 heteroatoms.